The summed E-state index contributed by atoms with van der Waals surface area (Å²) >= 11 is 0. The molecule has 0 amide bonds. The lowest BCUT2D eigenvalue weighted by atomic mass is 9.77. The summed E-state index contributed by atoms with van der Waals surface area (Å²) < 4.78 is 33.9. The topological polar surface area (TPSA) is 111 Å². The summed E-state index contributed by atoms with van der Waals surface area (Å²) in [5.74, 6) is 1.13. The van der Waals surface area contributed by atoms with Crippen LogP contribution in [0.25, 0.3) is 0 Å². The molecule has 3 atom stereocenters. The molecule has 3 aromatic rings. The van der Waals surface area contributed by atoms with E-state index in [1.165, 1.54) is 24.3 Å². The molecule has 9 heteroatoms. The summed E-state index contributed by atoms with van der Waals surface area (Å²) in [5, 5.41) is 14.6. The number of hydrogen-bond acceptors (Lipinski definition) is 6. The molecule has 1 aliphatic carbocycles. The van der Waals surface area contributed by atoms with Crippen molar-refractivity contribution in [1.29, 1.82) is 0 Å². The van der Waals surface area contributed by atoms with Gasteiger partial charge in [0.05, 0.1) is 28.7 Å². The number of hydrogen-bond donors (Lipinski definition) is 2. The van der Waals surface area contributed by atoms with Crippen molar-refractivity contribution >= 4 is 27.1 Å². The predicted octanol–water partition coefficient (Wildman–Crippen LogP) is 5.23. The molecule has 0 spiro atoms. The van der Waals surface area contributed by atoms with Gasteiger partial charge in [-0.1, -0.05) is 30.4 Å². The molecular formula is C25H23N3O5S. The van der Waals surface area contributed by atoms with Gasteiger partial charge in [-0.25, -0.2) is 8.42 Å². The van der Waals surface area contributed by atoms with Crippen molar-refractivity contribution in [2.24, 2.45) is 5.92 Å². The largest absolute Gasteiger partial charge is 0.497 e. The van der Waals surface area contributed by atoms with Gasteiger partial charge in [0, 0.05) is 23.7 Å². The number of non-ortho nitro benzene ring substituents is 1. The molecule has 0 saturated heterocycles. The van der Waals surface area contributed by atoms with E-state index >= 15 is 0 Å². The molecule has 3 aromatic carbocycles. The fraction of sp³-hybridized carbons (Fsp3) is 0.200. The van der Waals surface area contributed by atoms with Gasteiger partial charge >= 0.3 is 0 Å². The van der Waals surface area contributed by atoms with E-state index in [0.29, 0.717) is 0 Å². The normalized spacial score (nSPS) is 20.7. The Morgan fingerprint density at radius 2 is 1.88 bits per heavy atom. The lowest BCUT2D eigenvalue weighted by Crippen LogP contribution is -2.29. The Balaban J connectivity index is 1.45. The van der Waals surface area contributed by atoms with Crippen LogP contribution >= 0.6 is 0 Å². The van der Waals surface area contributed by atoms with E-state index in [0.717, 1.165) is 29.0 Å². The summed E-state index contributed by atoms with van der Waals surface area (Å²) in [4.78, 5) is 10.6. The van der Waals surface area contributed by atoms with Crippen molar-refractivity contribution in [1.82, 2.24) is 0 Å². The highest BCUT2D eigenvalue weighted by Crippen LogP contribution is 2.50. The molecule has 1 heterocycles. The first-order chi connectivity index (χ1) is 16.4. The van der Waals surface area contributed by atoms with Crippen molar-refractivity contribution in [3.05, 3.63) is 100 Å². The second-order valence-corrected chi connectivity index (χ2v) is 10.1. The first kappa shape index (κ1) is 22.0. The molecule has 2 N–H and O–H groups in total. The van der Waals surface area contributed by atoms with Crippen LogP contribution in [0, 0.1) is 16.0 Å². The first-order valence-corrected chi connectivity index (χ1v) is 12.3. The number of fused-ring (bicyclic) bond motifs is 3. The number of nitrogens with one attached hydrogen (secondary N) is 2. The summed E-state index contributed by atoms with van der Waals surface area (Å²) in [6, 6.07) is 18.6. The quantitative estimate of drug-likeness (QED) is 0.286. The van der Waals surface area contributed by atoms with Crippen molar-refractivity contribution < 1.29 is 18.1 Å². The molecule has 5 rings (SSSR count). The zero-order valence-corrected chi connectivity index (χ0v) is 19.2. The van der Waals surface area contributed by atoms with Crippen molar-refractivity contribution in [2.45, 2.75) is 23.3 Å². The molecule has 0 bridgehead atoms. The third kappa shape index (κ3) is 3.99. The Bertz CT molecular complexity index is 1390. The van der Waals surface area contributed by atoms with Crippen LogP contribution in [0.5, 0.6) is 5.75 Å². The van der Waals surface area contributed by atoms with Crippen LogP contribution in [0.2, 0.25) is 0 Å². The molecular weight excluding hydrogens is 454 g/mol. The minimum atomic E-state index is -3.93. The molecule has 2 aliphatic rings. The molecule has 8 nitrogen and oxygen atoms in total. The Hall–Kier alpha value is -3.85. The van der Waals surface area contributed by atoms with E-state index in [1.807, 2.05) is 12.1 Å². The van der Waals surface area contributed by atoms with Gasteiger partial charge in [0.25, 0.3) is 15.7 Å². The zero-order chi connectivity index (χ0) is 23.9. The number of ether oxygens (including phenoxy) is 1. The molecule has 174 valence electrons. The number of anilines is 2. The maximum atomic E-state index is 13.1. The predicted molar refractivity (Wildman–Crippen MR) is 130 cm³/mol. The number of benzene rings is 3. The van der Waals surface area contributed by atoms with Gasteiger partial charge in [-0.05, 0) is 59.9 Å². The number of rotatable bonds is 6. The van der Waals surface area contributed by atoms with Crippen LogP contribution in [0.3, 0.4) is 0 Å². The number of methoxy groups -OCH3 is 1. The minimum Gasteiger partial charge on any atom is -0.497 e. The summed E-state index contributed by atoms with van der Waals surface area (Å²) in [5.41, 5.74) is 2.92. The molecule has 1 aliphatic heterocycles. The van der Waals surface area contributed by atoms with Gasteiger partial charge in [0.1, 0.15) is 5.75 Å². The number of nitrogens with zero attached hydrogens (tertiary/aromatic N) is 1. The molecule has 0 aromatic heterocycles. The standard InChI is InChI=1S/C25H23N3O5S/c1-33-19-10-8-16(9-11-19)25-22-7-3-6-21(22)23-15-20(12-13-24(23)26-25)34(31,32)27-17-4-2-5-18(14-17)28(29)30/h2-6,8-15,21-22,25-27H,7H2,1H3/t21-,22+,25+/m0/s1. The Morgan fingerprint density at radius 1 is 1.09 bits per heavy atom. The number of nitro benzene ring substituents is 1. The number of nitro groups is 1. The third-order valence-electron chi connectivity index (χ3n) is 6.43. The first-order valence-electron chi connectivity index (χ1n) is 10.8. The third-order valence-corrected chi connectivity index (χ3v) is 7.81. The maximum absolute atomic E-state index is 13.1. The van der Waals surface area contributed by atoms with Crippen LogP contribution < -0.4 is 14.8 Å². The summed E-state index contributed by atoms with van der Waals surface area (Å²) in [6.07, 6.45) is 5.17. The smallest absolute Gasteiger partial charge is 0.271 e. The van der Waals surface area contributed by atoms with Crippen LogP contribution in [0.1, 0.15) is 29.5 Å². The fourth-order valence-corrected chi connectivity index (χ4v) is 5.86. The SMILES string of the molecule is COc1ccc([C@H]2Nc3ccc(S(=O)(=O)Nc4cccc([N+](=O)[O-])c4)cc3[C@H]3C=CC[C@H]32)cc1. The Labute approximate surface area is 197 Å². The van der Waals surface area contributed by atoms with E-state index in [-0.39, 0.29) is 34.1 Å². The Morgan fingerprint density at radius 3 is 2.62 bits per heavy atom. The van der Waals surface area contributed by atoms with E-state index in [4.69, 9.17) is 4.74 Å². The highest BCUT2D eigenvalue weighted by molar-refractivity contribution is 7.92. The molecule has 0 radical (unpaired) electrons. The number of allylic oxidation sites excluding steroid dienone is 2. The van der Waals surface area contributed by atoms with Crippen LogP contribution in [-0.4, -0.2) is 20.5 Å². The molecule has 0 unspecified atom stereocenters. The molecule has 0 saturated carbocycles. The van der Waals surface area contributed by atoms with Gasteiger partial charge in [0.2, 0.25) is 0 Å². The summed E-state index contributed by atoms with van der Waals surface area (Å²) in [7, 11) is -2.29. The Kier molecular flexibility index (Phi) is 5.49. The van der Waals surface area contributed by atoms with Crippen LogP contribution in [0.4, 0.5) is 17.1 Å². The lowest BCUT2D eigenvalue weighted by molar-refractivity contribution is -0.384. The van der Waals surface area contributed by atoms with Gasteiger partial charge in [0.15, 0.2) is 0 Å². The second-order valence-electron chi connectivity index (χ2n) is 8.41. The van der Waals surface area contributed by atoms with Gasteiger partial charge in [-0.3, -0.25) is 14.8 Å². The van der Waals surface area contributed by atoms with E-state index in [2.05, 4.69) is 34.3 Å². The monoisotopic (exact) mass is 477 g/mol. The van der Waals surface area contributed by atoms with E-state index < -0.39 is 14.9 Å². The summed E-state index contributed by atoms with van der Waals surface area (Å²) in [6.45, 7) is 0. The maximum Gasteiger partial charge on any atom is 0.271 e. The average molecular weight is 478 g/mol. The van der Waals surface area contributed by atoms with E-state index in [9.17, 15) is 18.5 Å². The van der Waals surface area contributed by atoms with Crippen molar-refractivity contribution in [2.75, 3.05) is 17.1 Å². The van der Waals surface area contributed by atoms with Gasteiger partial charge in [-0.15, -0.1) is 0 Å². The highest BCUT2D eigenvalue weighted by Gasteiger charge is 2.38. The molecule has 34 heavy (non-hydrogen) atoms. The number of sulfonamides is 1. The van der Waals surface area contributed by atoms with Crippen LogP contribution in [-0.2, 0) is 10.0 Å². The van der Waals surface area contributed by atoms with Crippen molar-refractivity contribution in [3.63, 3.8) is 0 Å². The second kappa shape index (κ2) is 8.49. The lowest BCUT2D eigenvalue weighted by Gasteiger charge is -2.37. The van der Waals surface area contributed by atoms with Gasteiger partial charge in [-0.2, -0.15) is 0 Å². The van der Waals surface area contributed by atoms with Crippen LogP contribution in [0.15, 0.2) is 83.8 Å². The van der Waals surface area contributed by atoms with Crippen molar-refractivity contribution in [3.8, 4) is 5.75 Å². The van der Waals surface area contributed by atoms with E-state index in [1.54, 1.807) is 25.3 Å². The molecule has 0 fully saturated rings. The highest BCUT2D eigenvalue weighted by atomic mass is 32.2. The minimum absolute atomic E-state index is 0.0799. The van der Waals surface area contributed by atoms with Gasteiger partial charge < -0.3 is 10.1 Å². The zero-order valence-electron chi connectivity index (χ0n) is 18.3. The fourth-order valence-electron chi connectivity index (χ4n) is 4.78. The average Bonchev–Trinajstić information content (AvgIpc) is 3.33.